The van der Waals surface area contributed by atoms with Crippen molar-refractivity contribution in [3.63, 3.8) is 0 Å². The summed E-state index contributed by atoms with van der Waals surface area (Å²) in [5.74, 6) is 1.37. The summed E-state index contributed by atoms with van der Waals surface area (Å²) in [4.78, 5) is 61.6. The summed E-state index contributed by atoms with van der Waals surface area (Å²) in [6.07, 6.45) is 9.37. The maximum atomic E-state index is 13.4. The number of benzene rings is 3. The molecule has 0 aliphatic carbocycles. The third kappa shape index (κ3) is 5.93. The average molecular weight is 643 g/mol. The van der Waals surface area contributed by atoms with E-state index in [4.69, 9.17) is 0 Å². The predicted octanol–water partition coefficient (Wildman–Crippen LogP) is 3.28. The summed E-state index contributed by atoms with van der Waals surface area (Å²) in [6.45, 7) is 10.5. The van der Waals surface area contributed by atoms with E-state index >= 15 is 0 Å². The largest absolute Gasteiger partial charge is 0.326 e. The molecule has 10 nitrogen and oxygen atoms in total. The van der Waals surface area contributed by atoms with Gasteiger partial charge in [0, 0.05) is 26.2 Å². The molecule has 0 bridgehead atoms. The monoisotopic (exact) mass is 642 g/mol. The van der Waals surface area contributed by atoms with Crippen molar-refractivity contribution in [1.82, 2.24) is 0 Å². The van der Waals surface area contributed by atoms with Gasteiger partial charge in [-0.05, 0) is 87.4 Å². The summed E-state index contributed by atoms with van der Waals surface area (Å²) in [7, 11) is 0. The third-order valence-corrected chi connectivity index (χ3v) is 8.77. The molecule has 10 heteroatoms. The number of allylic oxidation sites excluding steroid dienone is 2. The molecule has 48 heavy (non-hydrogen) atoms. The van der Waals surface area contributed by atoms with Crippen LogP contribution in [0.1, 0.15) is 64.5 Å². The fraction of sp³-hybridized carbons (Fsp3) is 0.316. The Morgan fingerprint density at radius 2 is 0.917 bits per heavy atom. The van der Waals surface area contributed by atoms with Crippen LogP contribution < -0.4 is 51.8 Å². The van der Waals surface area contributed by atoms with Crippen LogP contribution in [0.4, 0.5) is 22.7 Å². The molecule has 0 N–H and O–H groups in total. The standard InChI is InChI=1S/C38H38N6O4/c1-5-9-19-43-29-15-11-25(23-39)21-31(29)41(7-3)33(43)17-13-27-35(45)37(47)28(38(48)36(27)46)14-18-34-42(8-4)32-22-26(24-40)12-16-30(32)44(34)20-10-6-2/h11-18,21-22H,5-10,19-20H2,1-4H3/b27-13?,28-14?,33-17+,34-18+. The molecule has 0 aromatic heterocycles. The lowest BCUT2D eigenvalue weighted by Crippen LogP contribution is -2.64. The first-order valence-corrected chi connectivity index (χ1v) is 16.4. The number of rotatable bonds is 10. The van der Waals surface area contributed by atoms with Crippen molar-refractivity contribution in [2.24, 2.45) is 0 Å². The Kier molecular flexibility index (Phi) is 10.1. The molecule has 0 radical (unpaired) electrons. The summed E-state index contributed by atoms with van der Waals surface area (Å²) in [5.41, 5.74) is 0.339. The summed E-state index contributed by atoms with van der Waals surface area (Å²) < 4.78 is 0. The zero-order valence-corrected chi connectivity index (χ0v) is 27.7. The van der Waals surface area contributed by atoms with E-state index in [0.717, 1.165) is 48.4 Å². The Hall–Kier alpha value is -5.74. The maximum absolute atomic E-state index is 13.4. The fourth-order valence-corrected chi connectivity index (χ4v) is 6.30. The molecule has 0 saturated heterocycles. The Labute approximate surface area is 279 Å². The molecule has 0 saturated carbocycles. The lowest BCUT2D eigenvalue weighted by atomic mass is 10.1. The molecule has 2 aliphatic rings. The molecule has 244 valence electrons. The van der Waals surface area contributed by atoms with E-state index < -0.39 is 32.2 Å². The lowest BCUT2D eigenvalue weighted by molar-refractivity contribution is 0.763. The van der Waals surface area contributed by atoms with E-state index in [1.54, 1.807) is 36.4 Å². The molecule has 0 amide bonds. The van der Waals surface area contributed by atoms with E-state index in [9.17, 15) is 29.7 Å². The van der Waals surface area contributed by atoms with Crippen LogP contribution in [0.15, 0.2) is 79.4 Å². The average Bonchev–Trinajstić information content (AvgIpc) is 3.57. The Morgan fingerprint density at radius 1 is 0.542 bits per heavy atom. The first-order chi connectivity index (χ1) is 23.2. The Balaban J connectivity index is 1.63. The van der Waals surface area contributed by atoms with E-state index in [1.165, 1.54) is 12.2 Å². The number of unbranched alkanes of at least 4 members (excludes halogenated alkanes) is 2. The minimum absolute atomic E-state index is 0.473. The summed E-state index contributed by atoms with van der Waals surface area (Å²) >= 11 is 0. The van der Waals surface area contributed by atoms with Gasteiger partial charge in [0.05, 0.1) is 56.5 Å². The molecular formula is C38H38N6O4. The highest BCUT2D eigenvalue weighted by Crippen LogP contribution is 2.43. The van der Waals surface area contributed by atoms with Gasteiger partial charge in [0.1, 0.15) is 11.6 Å². The smallest absolute Gasteiger partial charge is 0.237 e. The highest BCUT2D eigenvalue weighted by molar-refractivity contribution is 5.85. The van der Waals surface area contributed by atoms with E-state index in [1.807, 2.05) is 35.8 Å². The van der Waals surface area contributed by atoms with Crippen LogP contribution in [0.5, 0.6) is 0 Å². The second-order valence-electron chi connectivity index (χ2n) is 11.7. The highest BCUT2D eigenvalue weighted by atomic mass is 16.2. The SMILES string of the molecule is CCCCN1/C(=C/C=c2c(=O)c(=O)c(=C/C=C3\N(CC)c4cc(C#N)ccc4N3CCCC)c(=O)c2=O)N(CC)c2cc(C#N)ccc21. The summed E-state index contributed by atoms with van der Waals surface area (Å²) in [5, 5.41) is 18.0. The van der Waals surface area contributed by atoms with Gasteiger partial charge < -0.3 is 19.6 Å². The van der Waals surface area contributed by atoms with Crippen LogP contribution in [0, 0.1) is 22.7 Å². The highest BCUT2D eigenvalue weighted by Gasteiger charge is 2.31. The Morgan fingerprint density at radius 3 is 1.23 bits per heavy atom. The third-order valence-electron chi connectivity index (χ3n) is 8.77. The van der Waals surface area contributed by atoms with Crippen molar-refractivity contribution >= 4 is 34.9 Å². The zero-order valence-electron chi connectivity index (χ0n) is 27.7. The second kappa shape index (κ2) is 14.4. The first kappa shape index (κ1) is 33.6. The predicted molar refractivity (Wildman–Crippen MR) is 191 cm³/mol. The molecule has 0 unspecified atom stereocenters. The van der Waals surface area contributed by atoms with Gasteiger partial charge in [-0.3, -0.25) is 19.2 Å². The van der Waals surface area contributed by atoms with Gasteiger partial charge in [0.25, 0.3) is 0 Å². The van der Waals surface area contributed by atoms with Crippen molar-refractivity contribution in [3.05, 3.63) is 123 Å². The van der Waals surface area contributed by atoms with Crippen molar-refractivity contribution in [3.8, 4) is 12.1 Å². The fourth-order valence-electron chi connectivity index (χ4n) is 6.30. The van der Waals surface area contributed by atoms with E-state index in [2.05, 4.69) is 35.8 Å². The molecule has 2 aliphatic heterocycles. The Bertz CT molecular complexity index is 2020. The van der Waals surface area contributed by atoms with Gasteiger partial charge in [-0.25, -0.2) is 0 Å². The maximum Gasteiger partial charge on any atom is 0.237 e. The van der Waals surface area contributed by atoms with Crippen LogP contribution in [0.2, 0.25) is 0 Å². The van der Waals surface area contributed by atoms with Crippen molar-refractivity contribution in [2.75, 3.05) is 45.8 Å². The molecule has 0 spiro atoms. The van der Waals surface area contributed by atoms with Crippen LogP contribution >= 0.6 is 0 Å². The number of nitrogens with zero attached hydrogens (tertiary/aromatic N) is 6. The van der Waals surface area contributed by atoms with Crippen LogP contribution in [0.3, 0.4) is 0 Å². The van der Waals surface area contributed by atoms with E-state index in [-0.39, 0.29) is 0 Å². The van der Waals surface area contributed by atoms with Gasteiger partial charge >= 0.3 is 0 Å². The van der Waals surface area contributed by atoms with Gasteiger partial charge in [-0.1, -0.05) is 26.7 Å². The quantitative estimate of drug-likeness (QED) is 0.304. The first-order valence-electron chi connectivity index (χ1n) is 16.4. The van der Waals surface area contributed by atoms with Gasteiger partial charge in [0.2, 0.25) is 21.7 Å². The van der Waals surface area contributed by atoms with Crippen LogP contribution in [-0.4, -0.2) is 26.2 Å². The van der Waals surface area contributed by atoms with E-state index in [0.29, 0.717) is 48.9 Å². The minimum atomic E-state index is -1.03. The lowest BCUT2D eigenvalue weighted by Gasteiger charge is -2.24. The number of nitriles is 2. The van der Waals surface area contributed by atoms with Crippen LogP contribution in [-0.2, 0) is 0 Å². The van der Waals surface area contributed by atoms with Gasteiger partial charge in [0.15, 0.2) is 0 Å². The van der Waals surface area contributed by atoms with Crippen molar-refractivity contribution < 1.29 is 0 Å². The van der Waals surface area contributed by atoms with Gasteiger partial charge in [-0.15, -0.1) is 0 Å². The number of anilines is 4. The second-order valence-corrected chi connectivity index (χ2v) is 11.7. The number of fused-ring (bicyclic) bond motifs is 2. The molecule has 5 rings (SSSR count). The van der Waals surface area contributed by atoms with Crippen molar-refractivity contribution in [2.45, 2.75) is 53.4 Å². The van der Waals surface area contributed by atoms with Crippen molar-refractivity contribution in [1.29, 1.82) is 10.5 Å². The normalized spacial score (nSPS) is 15.1. The topological polar surface area (TPSA) is 129 Å². The zero-order chi connectivity index (χ0) is 34.5. The number of hydrogen-bond acceptors (Lipinski definition) is 10. The molecule has 3 aromatic rings. The number of hydrogen-bond donors (Lipinski definition) is 0. The molecule has 3 aromatic carbocycles. The summed E-state index contributed by atoms with van der Waals surface area (Å²) in [6, 6.07) is 15.2. The van der Waals surface area contributed by atoms with Crippen LogP contribution in [0.25, 0.3) is 12.2 Å². The molecular weight excluding hydrogens is 604 g/mol. The molecule has 0 fully saturated rings. The van der Waals surface area contributed by atoms with Gasteiger partial charge in [-0.2, -0.15) is 10.5 Å². The molecule has 0 atom stereocenters. The minimum Gasteiger partial charge on any atom is -0.326 e. The molecule has 2 heterocycles.